The fourth-order valence-electron chi connectivity index (χ4n) is 3.37. The zero-order valence-corrected chi connectivity index (χ0v) is 15.7. The van der Waals surface area contributed by atoms with Gasteiger partial charge in [0.2, 0.25) is 0 Å². The van der Waals surface area contributed by atoms with Crippen molar-refractivity contribution in [2.75, 3.05) is 0 Å². The first kappa shape index (κ1) is 17.4. The van der Waals surface area contributed by atoms with Gasteiger partial charge in [0, 0.05) is 0 Å². The lowest BCUT2D eigenvalue weighted by atomic mass is 10.1. The van der Waals surface area contributed by atoms with Crippen LogP contribution in [-0.4, -0.2) is 30.3 Å². The van der Waals surface area contributed by atoms with Gasteiger partial charge < -0.3 is 9.67 Å². The number of aromatic nitrogens is 4. The zero-order chi connectivity index (χ0) is 19.1. The Morgan fingerprint density at radius 3 is 2.41 bits per heavy atom. The monoisotopic (exact) mass is 362 g/mol. The van der Waals surface area contributed by atoms with E-state index in [0.717, 1.165) is 16.6 Å². The smallest absolute Gasteiger partial charge is 0.261 e. The summed E-state index contributed by atoms with van der Waals surface area (Å²) in [4.78, 5) is 21.5. The lowest BCUT2D eigenvalue weighted by Crippen LogP contribution is -2.29. The summed E-state index contributed by atoms with van der Waals surface area (Å²) in [5, 5.41) is 11.1. The average molecular weight is 362 g/mol. The molecule has 0 saturated heterocycles. The van der Waals surface area contributed by atoms with Crippen molar-refractivity contribution in [3.63, 3.8) is 0 Å². The third-order valence-corrected chi connectivity index (χ3v) is 5.03. The highest BCUT2D eigenvalue weighted by Gasteiger charge is 2.13. The molecule has 0 unspecified atom stereocenters. The van der Waals surface area contributed by atoms with E-state index < -0.39 is 6.10 Å². The topological polar surface area (TPSA) is 72.9 Å². The lowest BCUT2D eigenvalue weighted by Gasteiger charge is -2.14. The van der Waals surface area contributed by atoms with Crippen molar-refractivity contribution >= 4 is 21.9 Å². The van der Waals surface area contributed by atoms with Crippen molar-refractivity contribution < 1.29 is 5.11 Å². The van der Waals surface area contributed by atoms with Gasteiger partial charge in [0.1, 0.15) is 0 Å². The third kappa shape index (κ3) is 3.24. The molecule has 0 aliphatic heterocycles. The fraction of sp³-hybridized carbons (Fsp3) is 0.286. The van der Waals surface area contributed by atoms with Crippen LogP contribution in [0.3, 0.4) is 0 Å². The van der Waals surface area contributed by atoms with Crippen LogP contribution < -0.4 is 5.56 Å². The standard InChI is InChI=1S/C21H22N4O2/c1-13-4-5-18-17(6-13)21(27)25(12-22-18)10-16(26)9-24-11-23-19-7-14(2)15(3)8-20(19)24/h4-8,11-12,16,26H,9-10H2,1-3H3/t16-/m0/s1. The number of fused-ring (bicyclic) bond motifs is 2. The Morgan fingerprint density at radius 1 is 0.926 bits per heavy atom. The molecule has 138 valence electrons. The lowest BCUT2D eigenvalue weighted by molar-refractivity contribution is 0.134. The van der Waals surface area contributed by atoms with E-state index in [1.807, 2.05) is 35.8 Å². The first-order valence-corrected chi connectivity index (χ1v) is 8.98. The van der Waals surface area contributed by atoms with E-state index >= 15 is 0 Å². The number of nitrogens with zero attached hydrogens (tertiary/aromatic N) is 4. The average Bonchev–Trinajstić information content (AvgIpc) is 3.00. The van der Waals surface area contributed by atoms with E-state index in [1.54, 1.807) is 6.33 Å². The van der Waals surface area contributed by atoms with Gasteiger partial charge in [-0.15, -0.1) is 0 Å². The summed E-state index contributed by atoms with van der Waals surface area (Å²) in [7, 11) is 0. The van der Waals surface area contributed by atoms with E-state index in [0.29, 0.717) is 17.4 Å². The molecule has 0 aliphatic rings. The summed E-state index contributed by atoms with van der Waals surface area (Å²) in [6.45, 7) is 6.60. The molecule has 2 heterocycles. The molecular formula is C21H22N4O2. The predicted molar refractivity (Wildman–Crippen MR) is 106 cm³/mol. The number of hydrogen-bond acceptors (Lipinski definition) is 4. The number of aliphatic hydroxyl groups excluding tert-OH is 1. The van der Waals surface area contributed by atoms with Gasteiger partial charge in [-0.1, -0.05) is 11.6 Å². The summed E-state index contributed by atoms with van der Waals surface area (Å²) in [6, 6.07) is 9.74. The van der Waals surface area contributed by atoms with Crippen molar-refractivity contribution in [3.05, 3.63) is 70.0 Å². The molecule has 2 aromatic carbocycles. The normalized spacial score (nSPS) is 12.7. The Balaban J connectivity index is 1.61. The van der Waals surface area contributed by atoms with Crippen LogP contribution in [0, 0.1) is 20.8 Å². The molecule has 0 radical (unpaired) electrons. The molecule has 0 spiro atoms. The molecule has 27 heavy (non-hydrogen) atoms. The van der Waals surface area contributed by atoms with Crippen LogP contribution in [0.4, 0.5) is 0 Å². The van der Waals surface area contributed by atoms with Crippen molar-refractivity contribution in [1.29, 1.82) is 0 Å². The molecule has 0 fully saturated rings. The minimum atomic E-state index is -0.731. The van der Waals surface area contributed by atoms with Gasteiger partial charge >= 0.3 is 0 Å². The van der Waals surface area contributed by atoms with Gasteiger partial charge in [-0.3, -0.25) is 9.36 Å². The van der Waals surface area contributed by atoms with Crippen molar-refractivity contribution in [3.8, 4) is 0 Å². The van der Waals surface area contributed by atoms with Gasteiger partial charge in [0.25, 0.3) is 5.56 Å². The second-order valence-electron chi connectivity index (χ2n) is 7.20. The third-order valence-electron chi connectivity index (χ3n) is 5.03. The van der Waals surface area contributed by atoms with Crippen LogP contribution in [0.5, 0.6) is 0 Å². The summed E-state index contributed by atoms with van der Waals surface area (Å²) in [5.41, 5.74) is 5.81. The van der Waals surface area contributed by atoms with Crippen LogP contribution in [0.25, 0.3) is 21.9 Å². The fourth-order valence-corrected chi connectivity index (χ4v) is 3.37. The number of aliphatic hydroxyl groups is 1. The van der Waals surface area contributed by atoms with E-state index in [1.165, 1.54) is 22.0 Å². The molecule has 6 heteroatoms. The summed E-state index contributed by atoms with van der Waals surface area (Å²) < 4.78 is 3.40. The quantitative estimate of drug-likeness (QED) is 0.606. The number of rotatable bonds is 4. The maximum atomic E-state index is 12.7. The Labute approximate surface area is 156 Å². The molecule has 6 nitrogen and oxygen atoms in total. The molecule has 4 aromatic rings. The summed E-state index contributed by atoms with van der Waals surface area (Å²) in [6.07, 6.45) is 2.51. The number of aryl methyl sites for hydroxylation is 3. The number of imidazole rings is 1. The predicted octanol–water partition coefficient (Wildman–Crippen LogP) is 2.73. The molecule has 1 atom stereocenters. The molecule has 4 rings (SSSR count). The first-order valence-electron chi connectivity index (χ1n) is 8.98. The highest BCUT2D eigenvalue weighted by Crippen LogP contribution is 2.19. The minimum Gasteiger partial charge on any atom is -0.389 e. The zero-order valence-electron chi connectivity index (χ0n) is 15.7. The van der Waals surface area contributed by atoms with Gasteiger partial charge in [-0.25, -0.2) is 9.97 Å². The van der Waals surface area contributed by atoms with Gasteiger partial charge in [-0.2, -0.15) is 0 Å². The Morgan fingerprint density at radius 2 is 1.59 bits per heavy atom. The molecule has 0 saturated carbocycles. The summed E-state index contributed by atoms with van der Waals surface area (Å²) >= 11 is 0. The molecule has 1 N–H and O–H groups in total. The van der Waals surface area contributed by atoms with E-state index in [-0.39, 0.29) is 12.1 Å². The SMILES string of the molecule is Cc1ccc2ncn(C[C@@H](O)Cn3cnc4cc(C)c(C)cc43)c(=O)c2c1. The van der Waals surface area contributed by atoms with Crippen LogP contribution in [-0.2, 0) is 13.1 Å². The highest BCUT2D eigenvalue weighted by molar-refractivity contribution is 5.78. The minimum absolute atomic E-state index is 0.135. The van der Waals surface area contributed by atoms with Gasteiger partial charge in [0.05, 0.1) is 53.8 Å². The van der Waals surface area contributed by atoms with Gasteiger partial charge in [0.15, 0.2) is 0 Å². The van der Waals surface area contributed by atoms with E-state index in [4.69, 9.17) is 0 Å². The van der Waals surface area contributed by atoms with Crippen molar-refractivity contribution in [1.82, 2.24) is 19.1 Å². The maximum absolute atomic E-state index is 12.7. The van der Waals surface area contributed by atoms with Crippen LogP contribution >= 0.6 is 0 Å². The number of hydrogen-bond donors (Lipinski definition) is 1. The van der Waals surface area contributed by atoms with Crippen LogP contribution in [0.15, 0.2) is 47.8 Å². The molecule has 0 amide bonds. The Bertz CT molecular complexity index is 1210. The second-order valence-corrected chi connectivity index (χ2v) is 7.20. The van der Waals surface area contributed by atoms with E-state index in [2.05, 4.69) is 29.9 Å². The van der Waals surface area contributed by atoms with Crippen molar-refractivity contribution in [2.45, 2.75) is 40.0 Å². The van der Waals surface area contributed by atoms with Crippen LogP contribution in [0.1, 0.15) is 16.7 Å². The van der Waals surface area contributed by atoms with Crippen LogP contribution in [0.2, 0.25) is 0 Å². The second kappa shape index (κ2) is 6.63. The maximum Gasteiger partial charge on any atom is 0.261 e. The molecule has 0 aliphatic carbocycles. The first-order chi connectivity index (χ1) is 12.9. The largest absolute Gasteiger partial charge is 0.389 e. The number of benzene rings is 2. The summed E-state index contributed by atoms with van der Waals surface area (Å²) in [5.74, 6) is 0. The van der Waals surface area contributed by atoms with Gasteiger partial charge in [-0.05, 0) is 56.2 Å². The highest BCUT2D eigenvalue weighted by atomic mass is 16.3. The van der Waals surface area contributed by atoms with E-state index in [9.17, 15) is 9.90 Å². The molecule has 0 bridgehead atoms. The molecule has 2 aromatic heterocycles. The molecular weight excluding hydrogens is 340 g/mol. The Hall–Kier alpha value is -2.99. The Kier molecular flexibility index (Phi) is 4.28. The van der Waals surface area contributed by atoms with Crippen molar-refractivity contribution in [2.24, 2.45) is 0 Å².